The summed E-state index contributed by atoms with van der Waals surface area (Å²) >= 11 is 1.66. The second-order valence-electron chi connectivity index (χ2n) is 7.18. The number of rotatable bonds is 5. The van der Waals surface area contributed by atoms with Gasteiger partial charge in [-0.15, -0.1) is 11.3 Å². The fourth-order valence-electron chi connectivity index (χ4n) is 3.41. The lowest BCUT2D eigenvalue weighted by Crippen LogP contribution is -2.38. The van der Waals surface area contributed by atoms with E-state index in [1.54, 1.807) is 11.3 Å². The van der Waals surface area contributed by atoms with E-state index in [-0.39, 0.29) is 5.91 Å². The highest BCUT2D eigenvalue weighted by Gasteiger charge is 2.23. The van der Waals surface area contributed by atoms with Crippen LogP contribution in [0.3, 0.4) is 0 Å². The lowest BCUT2D eigenvalue weighted by molar-refractivity contribution is -0.130. The topological polar surface area (TPSA) is 45.7 Å². The van der Waals surface area contributed by atoms with Gasteiger partial charge >= 0.3 is 0 Å². The summed E-state index contributed by atoms with van der Waals surface area (Å²) in [5.41, 5.74) is 0.925. The Labute approximate surface area is 149 Å². The number of ether oxygens (including phenoxy) is 1. The van der Waals surface area contributed by atoms with E-state index < -0.39 is 0 Å². The van der Waals surface area contributed by atoms with Crippen molar-refractivity contribution in [2.75, 3.05) is 39.3 Å². The third-order valence-corrected chi connectivity index (χ3v) is 6.02. The number of carbonyl (C=O) groups is 1. The van der Waals surface area contributed by atoms with Crippen LogP contribution >= 0.6 is 11.3 Å². The predicted octanol–water partition coefficient (Wildman–Crippen LogP) is 2.52. The van der Waals surface area contributed by atoms with Gasteiger partial charge in [-0.1, -0.05) is 13.8 Å². The summed E-state index contributed by atoms with van der Waals surface area (Å²) in [6, 6.07) is 0. The van der Waals surface area contributed by atoms with Gasteiger partial charge in [0.1, 0.15) is 0 Å². The van der Waals surface area contributed by atoms with Gasteiger partial charge in [-0.3, -0.25) is 9.69 Å². The van der Waals surface area contributed by atoms with Gasteiger partial charge in [0, 0.05) is 44.1 Å². The molecule has 0 aliphatic carbocycles. The van der Waals surface area contributed by atoms with Crippen molar-refractivity contribution in [3.05, 3.63) is 16.1 Å². The van der Waals surface area contributed by atoms with Crippen molar-refractivity contribution in [1.82, 2.24) is 14.8 Å². The molecule has 3 rings (SSSR count). The molecule has 0 radical (unpaired) electrons. The number of hydrogen-bond acceptors (Lipinski definition) is 5. The monoisotopic (exact) mass is 351 g/mol. The molecule has 0 spiro atoms. The summed E-state index contributed by atoms with van der Waals surface area (Å²) in [7, 11) is 0. The van der Waals surface area contributed by atoms with E-state index >= 15 is 0 Å². The van der Waals surface area contributed by atoms with Crippen LogP contribution in [-0.2, 0) is 16.0 Å². The van der Waals surface area contributed by atoms with Gasteiger partial charge in [-0.2, -0.15) is 0 Å². The Morgan fingerprint density at radius 1 is 1.33 bits per heavy atom. The van der Waals surface area contributed by atoms with Crippen LogP contribution in [-0.4, -0.2) is 66.1 Å². The zero-order chi connectivity index (χ0) is 16.9. The molecule has 2 aliphatic heterocycles. The third-order valence-electron chi connectivity index (χ3n) is 4.82. The summed E-state index contributed by atoms with van der Waals surface area (Å²) in [6.45, 7) is 9.93. The summed E-state index contributed by atoms with van der Waals surface area (Å²) in [5, 5.41) is 3.16. The number of carbonyl (C=O) groups excluding carboxylic acids is 1. The Morgan fingerprint density at radius 3 is 2.92 bits per heavy atom. The van der Waals surface area contributed by atoms with E-state index in [0.717, 1.165) is 56.5 Å². The van der Waals surface area contributed by atoms with Crippen LogP contribution in [0.25, 0.3) is 0 Å². The quantitative estimate of drug-likeness (QED) is 0.818. The van der Waals surface area contributed by atoms with E-state index in [1.807, 2.05) is 10.3 Å². The van der Waals surface area contributed by atoms with Crippen LogP contribution in [0.1, 0.15) is 49.7 Å². The van der Waals surface area contributed by atoms with Crippen molar-refractivity contribution >= 4 is 17.2 Å². The van der Waals surface area contributed by atoms with Gasteiger partial charge in [0.15, 0.2) is 0 Å². The van der Waals surface area contributed by atoms with Gasteiger partial charge in [-0.25, -0.2) is 4.98 Å². The van der Waals surface area contributed by atoms with Gasteiger partial charge < -0.3 is 9.64 Å². The highest BCUT2D eigenvalue weighted by atomic mass is 32.1. The molecule has 2 aliphatic rings. The van der Waals surface area contributed by atoms with Gasteiger partial charge in [0.25, 0.3) is 0 Å². The lowest BCUT2D eigenvalue weighted by atomic mass is 10.2. The molecular formula is C18H29N3O2S. The molecule has 1 amide bonds. The van der Waals surface area contributed by atoms with Crippen LogP contribution in [0.4, 0.5) is 0 Å². The van der Waals surface area contributed by atoms with E-state index in [1.165, 1.54) is 12.8 Å². The lowest BCUT2D eigenvalue weighted by Gasteiger charge is -2.24. The van der Waals surface area contributed by atoms with Crippen LogP contribution in [0.5, 0.6) is 0 Å². The zero-order valence-electron chi connectivity index (χ0n) is 14.9. The van der Waals surface area contributed by atoms with E-state index in [9.17, 15) is 4.79 Å². The minimum atomic E-state index is 0.217. The molecule has 2 fully saturated rings. The Balaban J connectivity index is 1.48. The molecule has 2 saturated heterocycles. The van der Waals surface area contributed by atoms with Gasteiger partial charge in [0.2, 0.25) is 5.91 Å². The smallest absolute Gasteiger partial charge is 0.228 e. The molecular weight excluding hydrogens is 322 g/mol. The second-order valence-corrected chi connectivity index (χ2v) is 8.07. The number of hydrogen-bond donors (Lipinski definition) is 0. The molecule has 0 saturated carbocycles. The van der Waals surface area contributed by atoms with Crippen molar-refractivity contribution in [2.45, 2.75) is 51.6 Å². The van der Waals surface area contributed by atoms with E-state index in [0.29, 0.717) is 18.4 Å². The first-order valence-electron chi connectivity index (χ1n) is 9.18. The molecule has 24 heavy (non-hydrogen) atoms. The normalized spacial score (nSPS) is 23.0. The number of nitrogens with zero attached hydrogens (tertiary/aromatic N) is 3. The highest BCUT2D eigenvalue weighted by Crippen LogP contribution is 2.20. The zero-order valence-corrected chi connectivity index (χ0v) is 15.7. The maximum absolute atomic E-state index is 12.6. The summed E-state index contributed by atoms with van der Waals surface area (Å²) in [5.74, 6) is 0.651. The first-order valence-corrected chi connectivity index (χ1v) is 10.1. The Hall–Kier alpha value is -0.980. The molecule has 1 atom stereocenters. The van der Waals surface area contributed by atoms with Gasteiger partial charge in [0.05, 0.1) is 23.2 Å². The van der Waals surface area contributed by atoms with E-state index in [4.69, 9.17) is 4.74 Å². The van der Waals surface area contributed by atoms with Gasteiger partial charge in [-0.05, 0) is 25.8 Å². The Kier molecular flexibility index (Phi) is 6.25. The molecule has 0 aromatic carbocycles. The predicted molar refractivity (Wildman–Crippen MR) is 96.5 cm³/mol. The largest absolute Gasteiger partial charge is 0.377 e. The molecule has 1 unspecified atom stereocenters. The molecule has 134 valence electrons. The number of thiazole rings is 1. The summed E-state index contributed by atoms with van der Waals surface area (Å²) in [4.78, 5) is 21.7. The maximum Gasteiger partial charge on any atom is 0.228 e. The third kappa shape index (κ3) is 4.77. The van der Waals surface area contributed by atoms with Crippen molar-refractivity contribution in [1.29, 1.82) is 0 Å². The van der Waals surface area contributed by atoms with Crippen LogP contribution in [0.2, 0.25) is 0 Å². The first kappa shape index (κ1) is 17.8. The maximum atomic E-state index is 12.6. The fourth-order valence-corrected chi connectivity index (χ4v) is 4.25. The molecule has 0 N–H and O–H groups in total. The average Bonchev–Trinajstić information content (AvgIpc) is 3.16. The molecule has 5 nitrogen and oxygen atoms in total. The second kappa shape index (κ2) is 8.41. The minimum Gasteiger partial charge on any atom is -0.377 e. The fraction of sp³-hybridized carbons (Fsp3) is 0.778. The molecule has 1 aromatic heterocycles. The highest BCUT2D eigenvalue weighted by molar-refractivity contribution is 7.09. The summed E-state index contributed by atoms with van der Waals surface area (Å²) < 4.78 is 5.74. The van der Waals surface area contributed by atoms with Crippen molar-refractivity contribution in [3.63, 3.8) is 0 Å². The molecule has 6 heteroatoms. The van der Waals surface area contributed by atoms with Crippen molar-refractivity contribution in [3.8, 4) is 0 Å². The number of amides is 1. The first-order chi connectivity index (χ1) is 11.6. The number of aromatic nitrogens is 1. The Bertz CT molecular complexity index is 540. The van der Waals surface area contributed by atoms with Crippen LogP contribution < -0.4 is 0 Å². The molecule has 0 bridgehead atoms. The van der Waals surface area contributed by atoms with E-state index in [2.05, 4.69) is 23.7 Å². The Morgan fingerprint density at radius 2 is 2.21 bits per heavy atom. The van der Waals surface area contributed by atoms with Crippen molar-refractivity contribution < 1.29 is 9.53 Å². The molecule has 3 heterocycles. The average molecular weight is 352 g/mol. The minimum absolute atomic E-state index is 0.217. The summed E-state index contributed by atoms with van der Waals surface area (Å²) in [6.07, 6.45) is 4.26. The van der Waals surface area contributed by atoms with Crippen LogP contribution in [0.15, 0.2) is 5.38 Å². The molecule has 1 aromatic rings. The SMILES string of the molecule is CC(C)c1nc(CC(=O)N2CCCN(CC3CCCO3)CC2)cs1. The standard InChI is InChI=1S/C18H29N3O2S/c1-14(2)18-19-15(13-24-18)11-17(22)21-7-4-6-20(8-9-21)12-16-5-3-10-23-16/h13-14,16H,3-12H2,1-2H3. The van der Waals surface area contributed by atoms with Crippen LogP contribution in [0, 0.1) is 0 Å². The van der Waals surface area contributed by atoms with Crippen molar-refractivity contribution in [2.24, 2.45) is 0 Å².